The number of hydrogen-bond acceptors (Lipinski definition) is 3. The van der Waals surface area contributed by atoms with Gasteiger partial charge in [-0.05, 0) is 41.7 Å². The van der Waals surface area contributed by atoms with Gasteiger partial charge in [0.15, 0.2) is 0 Å². The van der Waals surface area contributed by atoms with Crippen molar-refractivity contribution in [3.63, 3.8) is 0 Å². The number of rotatable bonds is 2. The van der Waals surface area contributed by atoms with E-state index in [2.05, 4.69) is 22.5 Å². The molecule has 3 rings (SSSR count). The van der Waals surface area contributed by atoms with E-state index in [1.165, 1.54) is 0 Å². The van der Waals surface area contributed by atoms with Gasteiger partial charge in [-0.25, -0.2) is 0 Å². The van der Waals surface area contributed by atoms with Gasteiger partial charge in [0, 0.05) is 25.2 Å². The molecular formula is C13H18N2OS. The van der Waals surface area contributed by atoms with Crippen molar-refractivity contribution in [2.75, 3.05) is 13.1 Å². The summed E-state index contributed by atoms with van der Waals surface area (Å²) in [6.07, 6.45) is 1.73. The average Bonchev–Trinajstić information content (AvgIpc) is 2.93. The monoisotopic (exact) mass is 250 g/mol. The molecule has 1 N–H and O–H groups in total. The van der Waals surface area contributed by atoms with Gasteiger partial charge in [0.25, 0.3) is 0 Å². The molecule has 0 aromatic carbocycles. The van der Waals surface area contributed by atoms with Gasteiger partial charge in [0.2, 0.25) is 5.91 Å². The van der Waals surface area contributed by atoms with Crippen LogP contribution in [-0.2, 0) is 11.2 Å². The van der Waals surface area contributed by atoms with Gasteiger partial charge in [-0.2, -0.15) is 11.3 Å². The van der Waals surface area contributed by atoms with Crippen molar-refractivity contribution in [1.29, 1.82) is 0 Å². The van der Waals surface area contributed by atoms with E-state index < -0.39 is 0 Å². The fourth-order valence-corrected chi connectivity index (χ4v) is 3.92. The smallest absolute Gasteiger partial charge is 0.227 e. The number of amides is 1. The van der Waals surface area contributed by atoms with Crippen LogP contribution in [0.25, 0.3) is 0 Å². The highest BCUT2D eigenvalue weighted by molar-refractivity contribution is 7.07. The number of hydrogen-bond donors (Lipinski definition) is 1. The number of carbonyl (C=O) groups is 1. The summed E-state index contributed by atoms with van der Waals surface area (Å²) in [5.41, 5.74) is 1.15. The maximum Gasteiger partial charge on any atom is 0.227 e. The zero-order valence-corrected chi connectivity index (χ0v) is 10.9. The van der Waals surface area contributed by atoms with E-state index in [1.54, 1.807) is 11.3 Å². The number of thiophene rings is 1. The second kappa shape index (κ2) is 4.42. The normalized spacial score (nSPS) is 31.8. The maximum absolute atomic E-state index is 12.4. The van der Waals surface area contributed by atoms with Gasteiger partial charge in [0.1, 0.15) is 0 Å². The zero-order chi connectivity index (χ0) is 11.8. The Kier molecular flexibility index (Phi) is 2.92. The van der Waals surface area contributed by atoms with Gasteiger partial charge in [-0.3, -0.25) is 4.79 Å². The molecule has 1 amide bonds. The first-order valence-electron chi connectivity index (χ1n) is 6.28. The van der Waals surface area contributed by atoms with Gasteiger partial charge in [-0.15, -0.1) is 0 Å². The Morgan fingerprint density at radius 1 is 1.59 bits per heavy atom. The molecule has 2 saturated heterocycles. The molecule has 0 aliphatic carbocycles. The Morgan fingerprint density at radius 2 is 2.47 bits per heavy atom. The SMILES string of the molecule is CC1CC2CNCC2N1C(=O)Cc1ccsc1. The summed E-state index contributed by atoms with van der Waals surface area (Å²) in [6.45, 7) is 4.24. The predicted molar refractivity (Wildman–Crippen MR) is 69.1 cm³/mol. The second-order valence-corrected chi connectivity index (χ2v) is 5.96. The summed E-state index contributed by atoms with van der Waals surface area (Å²) in [4.78, 5) is 14.5. The molecule has 4 heteroatoms. The van der Waals surface area contributed by atoms with E-state index in [9.17, 15) is 4.79 Å². The molecular weight excluding hydrogens is 232 g/mol. The number of fused-ring (bicyclic) bond motifs is 1. The zero-order valence-electron chi connectivity index (χ0n) is 10.1. The lowest BCUT2D eigenvalue weighted by Gasteiger charge is -2.27. The molecule has 0 saturated carbocycles. The minimum absolute atomic E-state index is 0.298. The Hall–Kier alpha value is -0.870. The number of nitrogens with one attached hydrogen (secondary N) is 1. The molecule has 1 aromatic heterocycles. The highest BCUT2D eigenvalue weighted by Crippen LogP contribution is 2.32. The lowest BCUT2D eigenvalue weighted by atomic mass is 10.0. The molecule has 2 aliphatic heterocycles. The molecule has 92 valence electrons. The van der Waals surface area contributed by atoms with Crippen molar-refractivity contribution in [3.05, 3.63) is 22.4 Å². The van der Waals surface area contributed by atoms with Crippen LogP contribution in [0.15, 0.2) is 16.8 Å². The summed E-state index contributed by atoms with van der Waals surface area (Å²) < 4.78 is 0. The lowest BCUT2D eigenvalue weighted by molar-refractivity contribution is -0.132. The summed E-state index contributed by atoms with van der Waals surface area (Å²) in [6, 6.07) is 2.91. The number of likely N-dealkylation sites (tertiary alicyclic amines) is 1. The molecule has 2 aliphatic rings. The van der Waals surface area contributed by atoms with E-state index in [-0.39, 0.29) is 0 Å². The van der Waals surface area contributed by atoms with Crippen molar-refractivity contribution in [2.24, 2.45) is 5.92 Å². The largest absolute Gasteiger partial charge is 0.335 e. The van der Waals surface area contributed by atoms with Crippen molar-refractivity contribution >= 4 is 17.2 Å². The third kappa shape index (κ3) is 2.00. The molecule has 3 heterocycles. The van der Waals surface area contributed by atoms with E-state index >= 15 is 0 Å². The van der Waals surface area contributed by atoms with Gasteiger partial charge < -0.3 is 10.2 Å². The minimum atomic E-state index is 0.298. The fourth-order valence-electron chi connectivity index (χ4n) is 3.25. The van der Waals surface area contributed by atoms with E-state index in [4.69, 9.17) is 0 Å². The number of nitrogens with zero attached hydrogens (tertiary/aromatic N) is 1. The summed E-state index contributed by atoms with van der Waals surface area (Å²) >= 11 is 1.66. The minimum Gasteiger partial charge on any atom is -0.335 e. The molecule has 3 unspecified atom stereocenters. The Labute approximate surface area is 106 Å². The van der Waals surface area contributed by atoms with Crippen LogP contribution in [0.4, 0.5) is 0 Å². The maximum atomic E-state index is 12.4. The highest BCUT2D eigenvalue weighted by atomic mass is 32.1. The van der Waals surface area contributed by atoms with Gasteiger partial charge >= 0.3 is 0 Å². The van der Waals surface area contributed by atoms with E-state index in [0.29, 0.717) is 30.3 Å². The van der Waals surface area contributed by atoms with Crippen LogP contribution in [0.5, 0.6) is 0 Å². The lowest BCUT2D eigenvalue weighted by Crippen LogP contribution is -2.43. The molecule has 0 spiro atoms. The van der Waals surface area contributed by atoms with Crippen LogP contribution in [0.3, 0.4) is 0 Å². The first-order valence-corrected chi connectivity index (χ1v) is 7.23. The summed E-state index contributed by atoms with van der Waals surface area (Å²) in [5.74, 6) is 0.975. The molecule has 0 radical (unpaired) electrons. The quantitative estimate of drug-likeness (QED) is 0.862. The number of carbonyl (C=O) groups excluding carboxylic acids is 1. The van der Waals surface area contributed by atoms with Crippen molar-refractivity contribution < 1.29 is 4.79 Å². The molecule has 3 nitrogen and oxygen atoms in total. The van der Waals surface area contributed by atoms with Crippen molar-refractivity contribution in [3.8, 4) is 0 Å². The fraction of sp³-hybridized carbons (Fsp3) is 0.615. The van der Waals surface area contributed by atoms with Crippen LogP contribution in [0.1, 0.15) is 18.9 Å². The summed E-state index contributed by atoms with van der Waals surface area (Å²) in [5, 5.41) is 7.51. The van der Waals surface area contributed by atoms with Crippen LogP contribution in [-0.4, -0.2) is 36.0 Å². The standard InChI is InChI=1S/C13H18N2OS/c1-9-4-11-6-14-7-12(11)15(9)13(16)5-10-2-3-17-8-10/h2-3,8-9,11-12,14H,4-7H2,1H3. The summed E-state index contributed by atoms with van der Waals surface area (Å²) in [7, 11) is 0. The molecule has 1 aromatic rings. The Bertz CT molecular complexity index is 404. The average molecular weight is 250 g/mol. The van der Waals surface area contributed by atoms with E-state index in [1.807, 2.05) is 11.4 Å². The molecule has 0 bridgehead atoms. The van der Waals surface area contributed by atoms with E-state index in [0.717, 1.165) is 25.1 Å². The Balaban J connectivity index is 1.72. The topological polar surface area (TPSA) is 32.3 Å². The highest BCUT2D eigenvalue weighted by Gasteiger charge is 2.43. The van der Waals surface area contributed by atoms with Crippen LogP contribution in [0, 0.1) is 5.92 Å². The first kappa shape index (κ1) is 11.2. The van der Waals surface area contributed by atoms with Gasteiger partial charge in [0.05, 0.1) is 6.42 Å². The third-order valence-corrected chi connectivity index (χ3v) is 4.74. The molecule has 3 atom stereocenters. The third-order valence-electron chi connectivity index (χ3n) is 4.00. The second-order valence-electron chi connectivity index (χ2n) is 5.18. The van der Waals surface area contributed by atoms with Crippen LogP contribution in [0.2, 0.25) is 0 Å². The van der Waals surface area contributed by atoms with Crippen LogP contribution >= 0.6 is 11.3 Å². The first-order chi connectivity index (χ1) is 8.25. The molecule has 2 fully saturated rings. The molecule has 17 heavy (non-hydrogen) atoms. The van der Waals surface area contributed by atoms with Gasteiger partial charge in [-0.1, -0.05) is 0 Å². The Morgan fingerprint density at radius 3 is 3.24 bits per heavy atom. The van der Waals surface area contributed by atoms with Crippen LogP contribution < -0.4 is 5.32 Å². The predicted octanol–water partition coefficient (Wildman–Crippen LogP) is 1.50. The van der Waals surface area contributed by atoms with Crippen molar-refractivity contribution in [2.45, 2.75) is 31.8 Å². The van der Waals surface area contributed by atoms with Crippen molar-refractivity contribution in [1.82, 2.24) is 10.2 Å².